The quantitative estimate of drug-likeness (QED) is 0.544. The fourth-order valence-corrected chi connectivity index (χ4v) is 3.01. The molecular weight excluding hydrogens is 368 g/mol. The van der Waals surface area contributed by atoms with E-state index in [9.17, 15) is 9.59 Å². The van der Waals surface area contributed by atoms with Gasteiger partial charge in [-0.1, -0.05) is 41.6 Å². The summed E-state index contributed by atoms with van der Waals surface area (Å²) >= 11 is 0. The van der Waals surface area contributed by atoms with Crippen molar-refractivity contribution >= 4 is 17.7 Å². The van der Waals surface area contributed by atoms with Crippen LogP contribution in [0.25, 0.3) is 22.4 Å². The van der Waals surface area contributed by atoms with Crippen LogP contribution in [0.3, 0.4) is 0 Å². The second kappa shape index (κ2) is 7.77. The summed E-state index contributed by atoms with van der Waals surface area (Å²) in [7, 11) is 0. The Labute approximate surface area is 166 Å². The largest absolute Gasteiger partial charge is 0.366 e. The number of hydrogen-bond donors (Lipinski definition) is 2. The van der Waals surface area contributed by atoms with Crippen LogP contribution in [0.1, 0.15) is 20.7 Å². The zero-order valence-corrected chi connectivity index (χ0v) is 15.2. The molecule has 0 spiro atoms. The van der Waals surface area contributed by atoms with Crippen molar-refractivity contribution in [3.8, 4) is 22.4 Å². The van der Waals surface area contributed by atoms with Gasteiger partial charge < -0.3 is 10.3 Å². The van der Waals surface area contributed by atoms with Crippen LogP contribution in [0, 0.1) is 0 Å². The topological polar surface area (TPSA) is 111 Å². The predicted molar refractivity (Wildman–Crippen MR) is 108 cm³/mol. The number of benzene rings is 2. The van der Waals surface area contributed by atoms with Crippen molar-refractivity contribution in [2.24, 2.45) is 5.73 Å². The van der Waals surface area contributed by atoms with Crippen molar-refractivity contribution in [2.75, 3.05) is 5.32 Å². The molecule has 4 aromatic rings. The van der Waals surface area contributed by atoms with Crippen molar-refractivity contribution in [3.63, 3.8) is 0 Å². The number of carbonyl (C=O) groups excluding carboxylic acids is 2. The number of primary amides is 1. The van der Waals surface area contributed by atoms with Gasteiger partial charge in [0.25, 0.3) is 5.91 Å². The van der Waals surface area contributed by atoms with E-state index in [4.69, 9.17) is 10.3 Å². The standard InChI is InChI=1S/C22H16N4O3/c23-20(27)17-9-5-4-8-16(17)18-19(14-10-12-24-13-11-14)26-29-22(18)25-21(28)15-6-2-1-3-7-15/h1-13H,(H2,23,27)(H,25,28). The number of nitrogens with one attached hydrogen (secondary N) is 1. The lowest BCUT2D eigenvalue weighted by molar-refractivity contribution is 0.0998. The van der Waals surface area contributed by atoms with Crippen molar-refractivity contribution in [2.45, 2.75) is 0 Å². The third kappa shape index (κ3) is 3.61. The Morgan fingerprint density at radius 2 is 1.59 bits per heavy atom. The van der Waals surface area contributed by atoms with Crippen LogP contribution in [0.2, 0.25) is 0 Å². The summed E-state index contributed by atoms with van der Waals surface area (Å²) in [4.78, 5) is 28.7. The first-order valence-corrected chi connectivity index (χ1v) is 8.81. The average Bonchev–Trinajstić information content (AvgIpc) is 3.18. The summed E-state index contributed by atoms with van der Waals surface area (Å²) < 4.78 is 5.48. The Morgan fingerprint density at radius 3 is 2.31 bits per heavy atom. The Morgan fingerprint density at radius 1 is 0.897 bits per heavy atom. The number of hydrogen-bond acceptors (Lipinski definition) is 5. The van der Waals surface area contributed by atoms with Crippen LogP contribution in [0.4, 0.5) is 5.88 Å². The highest BCUT2D eigenvalue weighted by Gasteiger charge is 2.24. The van der Waals surface area contributed by atoms with Gasteiger partial charge in [0, 0.05) is 34.6 Å². The second-order valence-corrected chi connectivity index (χ2v) is 6.20. The number of nitrogens with zero attached hydrogens (tertiary/aromatic N) is 2. The maximum Gasteiger partial charge on any atom is 0.258 e. The Hall–Kier alpha value is -4.26. The van der Waals surface area contributed by atoms with E-state index >= 15 is 0 Å². The first kappa shape index (κ1) is 18.1. The van der Waals surface area contributed by atoms with E-state index in [2.05, 4.69) is 15.5 Å². The Balaban J connectivity index is 1.86. The van der Waals surface area contributed by atoms with Gasteiger partial charge in [-0.05, 0) is 30.3 Å². The van der Waals surface area contributed by atoms with Gasteiger partial charge in [-0.3, -0.25) is 19.9 Å². The first-order chi connectivity index (χ1) is 14.1. The summed E-state index contributed by atoms with van der Waals surface area (Å²) in [6, 6.07) is 19.1. The molecule has 0 unspecified atom stereocenters. The van der Waals surface area contributed by atoms with E-state index < -0.39 is 5.91 Å². The number of aromatic nitrogens is 2. The lowest BCUT2D eigenvalue weighted by atomic mass is 9.96. The van der Waals surface area contributed by atoms with E-state index in [0.717, 1.165) is 5.56 Å². The van der Waals surface area contributed by atoms with Crippen molar-refractivity contribution in [1.29, 1.82) is 0 Å². The molecular formula is C22H16N4O3. The molecule has 0 saturated heterocycles. The molecule has 0 aliphatic carbocycles. The fourth-order valence-electron chi connectivity index (χ4n) is 3.01. The number of carbonyl (C=O) groups is 2. The molecule has 0 aliphatic heterocycles. The molecule has 2 aromatic heterocycles. The molecule has 2 amide bonds. The molecule has 0 saturated carbocycles. The molecule has 2 heterocycles. The molecule has 29 heavy (non-hydrogen) atoms. The zero-order chi connectivity index (χ0) is 20.2. The van der Waals surface area contributed by atoms with E-state index in [-0.39, 0.29) is 11.8 Å². The van der Waals surface area contributed by atoms with Crippen molar-refractivity contribution in [1.82, 2.24) is 10.1 Å². The van der Waals surface area contributed by atoms with Crippen LogP contribution in [0.5, 0.6) is 0 Å². The predicted octanol–water partition coefficient (Wildman–Crippen LogP) is 3.75. The Bertz CT molecular complexity index is 1170. The van der Waals surface area contributed by atoms with E-state index in [1.165, 1.54) is 0 Å². The summed E-state index contributed by atoms with van der Waals surface area (Å²) in [6.07, 6.45) is 3.24. The highest BCUT2D eigenvalue weighted by molar-refractivity contribution is 6.08. The summed E-state index contributed by atoms with van der Waals surface area (Å²) in [6.45, 7) is 0. The molecule has 7 nitrogen and oxygen atoms in total. The summed E-state index contributed by atoms with van der Waals surface area (Å²) in [5, 5.41) is 6.89. The molecule has 7 heteroatoms. The van der Waals surface area contributed by atoms with Crippen molar-refractivity contribution < 1.29 is 14.1 Å². The molecule has 0 atom stereocenters. The van der Waals surface area contributed by atoms with Crippen LogP contribution >= 0.6 is 0 Å². The lowest BCUT2D eigenvalue weighted by Gasteiger charge is -2.09. The van der Waals surface area contributed by atoms with Crippen LogP contribution in [0.15, 0.2) is 83.6 Å². The fraction of sp³-hybridized carbons (Fsp3) is 0. The van der Waals surface area contributed by atoms with Gasteiger partial charge in [0.15, 0.2) is 0 Å². The number of anilines is 1. The number of pyridine rings is 1. The monoisotopic (exact) mass is 384 g/mol. The van der Waals surface area contributed by atoms with E-state index in [1.54, 1.807) is 73.1 Å². The highest BCUT2D eigenvalue weighted by Crippen LogP contribution is 2.39. The van der Waals surface area contributed by atoms with Gasteiger partial charge in [0.1, 0.15) is 5.69 Å². The van der Waals surface area contributed by atoms with Crippen molar-refractivity contribution in [3.05, 3.63) is 90.3 Å². The SMILES string of the molecule is NC(=O)c1ccccc1-c1c(-c2ccncc2)noc1NC(=O)c1ccccc1. The Kier molecular flexibility index (Phi) is 4.86. The van der Waals surface area contributed by atoms with Crippen LogP contribution < -0.4 is 11.1 Å². The van der Waals surface area contributed by atoms with Gasteiger partial charge in [-0.15, -0.1) is 0 Å². The highest BCUT2D eigenvalue weighted by atomic mass is 16.5. The second-order valence-electron chi connectivity index (χ2n) is 6.20. The molecule has 0 fully saturated rings. The number of rotatable bonds is 5. The minimum absolute atomic E-state index is 0.124. The summed E-state index contributed by atoms with van der Waals surface area (Å²) in [5.41, 5.74) is 8.48. The first-order valence-electron chi connectivity index (χ1n) is 8.81. The number of amides is 2. The third-order valence-electron chi connectivity index (χ3n) is 4.37. The van der Waals surface area contributed by atoms with E-state index in [1.807, 2.05) is 6.07 Å². The van der Waals surface area contributed by atoms with Gasteiger partial charge in [0.2, 0.25) is 11.8 Å². The minimum atomic E-state index is -0.595. The van der Waals surface area contributed by atoms with Gasteiger partial charge in [-0.2, -0.15) is 0 Å². The van der Waals surface area contributed by atoms with E-state index in [0.29, 0.717) is 27.9 Å². The third-order valence-corrected chi connectivity index (χ3v) is 4.37. The average molecular weight is 384 g/mol. The zero-order valence-electron chi connectivity index (χ0n) is 15.2. The van der Waals surface area contributed by atoms with Gasteiger partial charge in [-0.25, -0.2) is 0 Å². The molecule has 4 rings (SSSR count). The maximum atomic E-state index is 12.7. The minimum Gasteiger partial charge on any atom is -0.366 e. The lowest BCUT2D eigenvalue weighted by Crippen LogP contribution is -2.14. The molecule has 2 aromatic carbocycles. The number of nitrogens with two attached hydrogens (primary N) is 1. The van der Waals surface area contributed by atoms with Crippen LogP contribution in [-0.4, -0.2) is 22.0 Å². The molecule has 0 radical (unpaired) electrons. The van der Waals surface area contributed by atoms with Gasteiger partial charge in [0.05, 0.1) is 5.56 Å². The van der Waals surface area contributed by atoms with Crippen LogP contribution in [-0.2, 0) is 0 Å². The molecule has 0 bridgehead atoms. The molecule has 3 N–H and O–H groups in total. The summed E-state index contributed by atoms with van der Waals surface area (Å²) in [5.74, 6) is -0.831. The molecule has 142 valence electrons. The smallest absolute Gasteiger partial charge is 0.258 e. The maximum absolute atomic E-state index is 12.7. The normalized spacial score (nSPS) is 10.5. The molecule has 0 aliphatic rings. The van der Waals surface area contributed by atoms with Gasteiger partial charge >= 0.3 is 0 Å².